The van der Waals surface area contributed by atoms with Crippen LogP contribution in [-0.2, 0) is 17.0 Å². The van der Waals surface area contributed by atoms with Gasteiger partial charge in [0.2, 0.25) is 0 Å². The molecule has 122 valence electrons. The summed E-state index contributed by atoms with van der Waals surface area (Å²) in [7, 11) is 9.87. The van der Waals surface area contributed by atoms with Gasteiger partial charge in [0.05, 0.1) is 0 Å². The average Bonchev–Trinajstić information content (AvgIpc) is 2.60. The SMILES string of the molecule is Oc1c(Pc2ccccc2F)cccc1-c1ccccc1.[Cl][Ti][Cl]. The zero-order valence-corrected chi connectivity index (χ0v) is 16.6. The van der Waals surface area contributed by atoms with Crippen LogP contribution in [0.15, 0.2) is 72.8 Å². The second-order valence-corrected chi connectivity index (χ2v) is 8.65. The first kappa shape index (κ1) is 19.4. The number of phenolic OH excluding ortho intramolecular Hbond substituents is 1. The van der Waals surface area contributed by atoms with E-state index >= 15 is 0 Å². The van der Waals surface area contributed by atoms with E-state index in [1.165, 1.54) is 6.07 Å². The fraction of sp³-hybridized carbons (Fsp3) is 0. The van der Waals surface area contributed by atoms with Crippen LogP contribution in [0.2, 0.25) is 0 Å². The standard InChI is InChI=1S/C18H14FOP.2ClH.Ti/c19-15-10-4-5-11-16(15)21-17-12-6-9-14(18(17)20)13-7-2-1-3-8-13;;;/h1-12,20-21H;2*1H;/q;;;+2/p-2. The van der Waals surface area contributed by atoms with Gasteiger partial charge in [-0.05, 0) is 11.6 Å². The van der Waals surface area contributed by atoms with Crippen LogP contribution in [0.5, 0.6) is 5.75 Å². The molecule has 0 spiro atoms. The second-order valence-electron chi connectivity index (χ2n) is 4.74. The van der Waals surface area contributed by atoms with E-state index in [1.54, 1.807) is 12.1 Å². The molecule has 1 unspecified atom stereocenters. The van der Waals surface area contributed by atoms with Gasteiger partial charge in [-0.3, -0.25) is 0 Å². The zero-order chi connectivity index (χ0) is 17.4. The van der Waals surface area contributed by atoms with E-state index < -0.39 is 17.0 Å². The van der Waals surface area contributed by atoms with Gasteiger partial charge in [-0.25, -0.2) is 4.39 Å². The van der Waals surface area contributed by atoms with Crippen molar-refractivity contribution in [1.29, 1.82) is 0 Å². The monoisotopic (exact) mass is 414 g/mol. The summed E-state index contributed by atoms with van der Waals surface area (Å²) >= 11 is -0.556. The molecule has 0 radical (unpaired) electrons. The number of rotatable bonds is 3. The molecule has 1 atom stereocenters. The summed E-state index contributed by atoms with van der Waals surface area (Å²) in [6.07, 6.45) is 0. The van der Waals surface area contributed by atoms with Crippen molar-refractivity contribution in [2.75, 3.05) is 0 Å². The fourth-order valence-electron chi connectivity index (χ4n) is 2.20. The fourth-order valence-corrected chi connectivity index (χ4v) is 3.31. The van der Waals surface area contributed by atoms with Gasteiger partial charge >= 0.3 is 35.6 Å². The zero-order valence-electron chi connectivity index (χ0n) is 12.5. The Morgan fingerprint density at radius 1 is 0.792 bits per heavy atom. The Labute approximate surface area is 159 Å². The van der Waals surface area contributed by atoms with Gasteiger partial charge in [0.25, 0.3) is 0 Å². The van der Waals surface area contributed by atoms with Crippen molar-refractivity contribution in [2.45, 2.75) is 0 Å². The van der Waals surface area contributed by atoms with Crippen molar-refractivity contribution in [2.24, 2.45) is 0 Å². The van der Waals surface area contributed by atoms with E-state index in [1.807, 2.05) is 54.6 Å². The molecule has 1 N–H and O–H groups in total. The van der Waals surface area contributed by atoms with Crippen molar-refractivity contribution in [1.82, 2.24) is 0 Å². The van der Waals surface area contributed by atoms with Crippen LogP contribution in [-0.4, -0.2) is 5.11 Å². The maximum atomic E-state index is 13.8. The molecule has 0 amide bonds. The molecule has 0 aliphatic heterocycles. The molecular weight excluding hydrogens is 401 g/mol. The minimum absolute atomic E-state index is 0.0907. The van der Waals surface area contributed by atoms with Crippen LogP contribution in [0.4, 0.5) is 4.39 Å². The van der Waals surface area contributed by atoms with Gasteiger partial charge in [0.1, 0.15) is 11.6 Å². The van der Waals surface area contributed by atoms with Gasteiger partial charge in [0.15, 0.2) is 0 Å². The van der Waals surface area contributed by atoms with E-state index in [2.05, 4.69) is 0 Å². The van der Waals surface area contributed by atoms with E-state index in [0.29, 0.717) is 5.30 Å². The summed E-state index contributed by atoms with van der Waals surface area (Å²) in [5.41, 5.74) is 1.73. The topological polar surface area (TPSA) is 20.2 Å². The summed E-state index contributed by atoms with van der Waals surface area (Å²) < 4.78 is 13.8. The normalized spacial score (nSPS) is 10.3. The Balaban J connectivity index is 0.000000647. The number of phenols is 1. The number of para-hydroxylation sites is 1. The van der Waals surface area contributed by atoms with Crippen LogP contribution >= 0.6 is 27.2 Å². The van der Waals surface area contributed by atoms with Gasteiger partial charge in [-0.1, -0.05) is 75.3 Å². The Kier molecular flexibility index (Phi) is 8.25. The van der Waals surface area contributed by atoms with Crippen molar-refractivity contribution in [3.8, 4) is 16.9 Å². The number of halogens is 3. The predicted molar refractivity (Wildman–Crippen MR) is 99.2 cm³/mol. The van der Waals surface area contributed by atoms with Gasteiger partial charge in [0, 0.05) is 16.2 Å². The molecule has 24 heavy (non-hydrogen) atoms. The molecule has 0 aliphatic carbocycles. The molecule has 0 aromatic heterocycles. The molecule has 3 rings (SSSR count). The van der Waals surface area contributed by atoms with Crippen LogP contribution in [0, 0.1) is 5.82 Å². The van der Waals surface area contributed by atoms with Crippen LogP contribution in [0.1, 0.15) is 0 Å². The van der Waals surface area contributed by atoms with Crippen molar-refractivity contribution < 1.29 is 26.5 Å². The Bertz CT molecular complexity index is 787. The molecule has 0 aliphatic rings. The van der Waals surface area contributed by atoms with Crippen molar-refractivity contribution in [3.05, 3.63) is 78.6 Å². The van der Waals surface area contributed by atoms with Gasteiger partial charge in [-0.15, -0.1) is 0 Å². The Morgan fingerprint density at radius 3 is 2.04 bits per heavy atom. The molecule has 0 saturated heterocycles. The Hall–Kier alpha value is -0.886. The van der Waals surface area contributed by atoms with E-state index in [4.69, 9.17) is 18.6 Å². The van der Waals surface area contributed by atoms with E-state index in [9.17, 15) is 9.50 Å². The third-order valence-electron chi connectivity index (χ3n) is 3.26. The number of hydrogen-bond acceptors (Lipinski definition) is 1. The summed E-state index contributed by atoms with van der Waals surface area (Å²) in [5.74, 6) is -0.00867. The third kappa shape index (κ3) is 5.31. The summed E-state index contributed by atoms with van der Waals surface area (Å²) in [5, 5.41) is 11.8. The molecule has 6 heteroatoms. The maximum absolute atomic E-state index is 13.8. The average molecular weight is 415 g/mol. The first-order valence-corrected chi connectivity index (χ1v) is 12.3. The summed E-state index contributed by atoms with van der Waals surface area (Å²) in [6, 6.07) is 22.0. The molecule has 0 heterocycles. The van der Waals surface area contributed by atoms with Gasteiger partial charge in [-0.2, -0.15) is 0 Å². The van der Waals surface area contributed by atoms with Crippen molar-refractivity contribution >= 4 is 37.8 Å². The molecule has 0 saturated carbocycles. The predicted octanol–water partition coefficient (Wildman–Crippen LogP) is 5.20. The van der Waals surface area contributed by atoms with Crippen LogP contribution < -0.4 is 10.6 Å². The number of hydrogen-bond donors (Lipinski definition) is 1. The molecule has 3 aromatic carbocycles. The minimum atomic E-state index is -0.556. The molecule has 0 fully saturated rings. The van der Waals surface area contributed by atoms with Crippen molar-refractivity contribution in [3.63, 3.8) is 0 Å². The summed E-state index contributed by atoms with van der Waals surface area (Å²) in [4.78, 5) is 0. The molecular formula is C18H14Cl2FOPTi. The first-order chi connectivity index (χ1) is 11.7. The Morgan fingerprint density at radius 2 is 1.38 bits per heavy atom. The van der Waals surface area contributed by atoms with E-state index in [-0.39, 0.29) is 20.1 Å². The van der Waals surface area contributed by atoms with E-state index in [0.717, 1.165) is 16.4 Å². The quantitative estimate of drug-likeness (QED) is 0.461. The second kappa shape index (κ2) is 10.2. The molecule has 0 bridgehead atoms. The number of aromatic hydroxyl groups is 1. The van der Waals surface area contributed by atoms with Crippen LogP contribution in [0.25, 0.3) is 11.1 Å². The molecule has 3 aromatic rings. The van der Waals surface area contributed by atoms with Gasteiger partial charge < -0.3 is 5.11 Å². The third-order valence-corrected chi connectivity index (χ3v) is 4.61. The summed E-state index contributed by atoms with van der Waals surface area (Å²) in [6.45, 7) is 0. The first-order valence-electron chi connectivity index (χ1n) is 7.02. The number of benzene rings is 3. The molecule has 1 nitrogen and oxygen atoms in total. The van der Waals surface area contributed by atoms with Crippen LogP contribution in [0.3, 0.4) is 0 Å².